The van der Waals surface area contributed by atoms with Crippen LogP contribution in [0.3, 0.4) is 0 Å². The number of carboxylic acid groups (broad SMARTS) is 1. The van der Waals surface area contributed by atoms with Gasteiger partial charge in [-0.05, 0) is 48.4 Å². The van der Waals surface area contributed by atoms with Gasteiger partial charge in [-0.2, -0.15) is 0 Å². The van der Waals surface area contributed by atoms with Gasteiger partial charge >= 0.3 is 5.97 Å². The topological polar surface area (TPSA) is 276 Å². The molecule has 0 saturated heterocycles. The summed E-state index contributed by atoms with van der Waals surface area (Å²) in [6, 6.07) is 10.5. The van der Waals surface area contributed by atoms with Gasteiger partial charge in [-0.3, -0.25) is 24.2 Å². The molecule has 0 radical (unpaired) electrons. The van der Waals surface area contributed by atoms with Crippen LogP contribution in [0.15, 0.2) is 65.9 Å². The number of para-hydroxylation sites is 2. The fourth-order valence-corrected chi connectivity index (χ4v) is 5.89. The molecule has 0 saturated carbocycles. The van der Waals surface area contributed by atoms with Crippen molar-refractivity contribution in [1.82, 2.24) is 31.2 Å². The highest BCUT2D eigenvalue weighted by atomic mass is 16.4. The number of fused-ring (bicyclic) bond motifs is 2. The third-order valence-corrected chi connectivity index (χ3v) is 8.53. The summed E-state index contributed by atoms with van der Waals surface area (Å²) in [5.41, 5.74) is 20.0. The molecule has 4 atom stereocenters. The molecule has 0 unspecified atom stereocenters. The minimum Gasteiger partial charge on any atom is -0.480 e. The Bertz CT molecular complexity index is 1900. The van der Waals surface area contributed by atoms with E-state index >= 15 is 0 Å². The first-order valence-corrected chi connectivity index (χ1v) is 17.1. The van der Waals surface area contributed by atoms with E-state index in [0.29, 0.717) is 6.42 Å². The summed E-state index contributed by atoms with van der Waals surface area (Å²) in [5, 5.41) is 22.1. The number of nitrogens with one attached hydrogen (secondary N) is 6. The summed E-state index contributed by atoms with van der Waals surface area (Å²) < 4.78 is 0. The molecule has 2 heterocycles. The van der Waals surface area contributed by atoms with Crippen LogP contribution in [-0.2, 0) is 36.8 Å². The largest absolute Gasteiger partial charge is 0.480 e. The van der Waals surface area contributed by atoms with Crippen LogP contribution in [0.5, 0.6) is 0 Å². The molecule has 0 aliphatic carbocycles. The van der Waals surface area contributed by atoms with Crippen molar-refractivity contribution in [2.75, 3.05) is 13.1 Å². The predicted octanol–water partition coefficient (Wildman–Crippen LogP) is 0.517. The minimum absolute atomic E-state index is 0.0208. The highest BCUT2D eigenvalue weighted by Crippen LogP contribution is 2.20. The van der Waals surface area contributed by atoms with E-state index in [-0.39, 0.29) is 44.1 Å². The van der Waals surface area contributed by atoms with E-state index in [1.54, 1.807) is 12.4 Å². The molecule has 16 heteroatoms. The number of carbonyl (C=O) groups is 5. The second kappa shape index (κ2) is 18.4. The van der Waals surface area contributed by atoms with Gasteiger partial charge < -0.3 is 53.5 Å². The van der Waals surface area contributed by atoms with Gasteiger partial charge in [-0.25, -0.2) is 4.79 Å². The van der Waals surface area contributed by atoms with Gasteiger partial charge in [0.05, 0.1) is 12.6 Å². The van der Waals surface area contributed by atoms with Crippen molar-refractivity contribution in [3.63, 3.8) is 0 Å². The standard InChI is InChI=1S/C36H48N10O6/c1-20(2)14-28(34(50)46-30(35(51)52)16-22-18-42-27-12-6-4-9-24(22)27)44-31(47)19-43-33(49)29(15-21-17-41-26-11-5-3-8-23(21)26)45-32(48)25(37)10-7-13-40-36(38)39/h3-6,8-9,11-12,17-18,20,25,28-30,41-42H,7,10,13-16,19,37H2,1-2H3,(H,43,49)(H,44,47)(H,45,48)(H,46,50)(H,51,52)(H4,38,39,40)/t25-,28-,29-,30-/m0/s1. The molecular weight excluding hydrogens is 668 g/mol. The van der Waals surface area contributed by atoms with Crippen LogP contribution in [0, 0.1) is 5.92 Å². The highest BCUT2D eigenvalue weighted by molar-refractivity contribution is 5.95. The summed E-state index contributed by atoms with van der Waals surface area (Å²) >= 11 is 0. The van der Waals surface area contributed by atoms with Crippen molar-refractivity contribution in [2.24, 2.45) is 28.1 Å². The maximum atomic E-state index is 13.5. The Morgan fingerprint density at radius 1 is 0.769 bits per heavy atom. The number of carbonyl (C=O) groups excluding carboxylic acids is 4. The van der Waals surface area contributed by atoms with Gasteiger partial charge in [0, 0.05) is 53.6 Å². The van der Waals surface area contributed by atoms with Crippen molar-refractivity contribution >= 4 is 57.4 Å². The van der Waals surface area contributed by atoms with Gasteiger partial charge in [0.15, 0.2) is 5.96 Å². The third kappa shape index (κ3) is 11.1. The van der Waals surface area contributed by atoms with Crippen LogP contribution < -0.4 is 38.5 Å². The first-order valence-electron chi connectivity index (χ1n) is 17.1. The molecule has 4 amide bonds. The molecule has 4 rings (SSSR count). The van der Waals surface area contributed by atoms with E-state index in [1.807, 2.05) is 62.4 Å². The first-order chi connectivity index (χ1) is 24.8. The fourth-order valence-electron chi connectivity index (χ4n) is 5.89. The van der Waals surface area contributed by atoms with E-state index in [0.717, 1.165) is 32.9 Å². The number of benzene rings is 2. The van der Waals surface area contributed by atoms with Crippen molar-refractivity contribution in [2.45, 2.75) is 70.1 Å². The Hall–Kier alpha value is -5.90. The maximum Gasteiger partial charge on any atom is 0.326 e. The molecular formula is C36H48N10O6. The Kier molecular flexibility index (Phi) is 13.7. The predicted molar refractivity (Wildman–Crippen MR) is 198 cm³/mol. The lowest BCUT2D eigenvalue weighted by molar-refractivity contribution is -0.142. The second-order valence-corrected chi connectivity index (χ2v) is 13.1. The fraction of sp³-hybridized carbons (Fsp3) is 0.389. The van der Waals surface area contributed by atoms with Crippen molar-refractivity contribution in [3.8, 4) is 0 Å². The van der Waals surface area contributed by atoms with Gasteiger partial charge in [0.25, 0.3) is 0 Å². The molecule has 52 heavy (non-hydrogen) atoms. The summed E-state index contributed by atoms with van der Waals surface area (Å²) in [4.78, 5) is 75.4. The number of nitrogens with two attached hydrogens (primary N) is 3. The Morgan fingerprint density at radius 2 is 1.33 bits per heavy atom. The quantitative estimate of drug-likeness (QED) is 0.0367. The molecule has 278 valence electrons. The summed E-state index contributed by atoms with van der Waals surface area (Å²) in [7, 11) is 0. The number of aliphatic carboxylic acids is 1. The lowest BCUT2D eigenvalue weighted by Crippen LogP contribution is -2.56. The summed E-state index contributed by atoms with van der Waals surface area (Å²) in [6.07, 6.45) is 4.48. The maximum absolute atomic E-state index is 13.5. The third-order valence-electron chi connectivity index (χ3n) is 8.53. The second-order valence-electron chi connectivity index (χ2n) is 13.1. The zero-order chi connectivity index (χ0) is 37.8. The number of aliphatic imine (C=N–C) groups is 1. The monoisotopic (exact) mass is 716 g/mol. The average molecular weight is 717 g/mol. The molecule has 16 nitrogen and oxygen atoms in total. The number of carboxylic acids is 1. The summed E-state index contributed by atoms with van der Waals surface area (Å²) in [5.74, 6) is -3.89. The molecule has 13 N–H and O–H groups in total. The number of amides is 4. The lowest BCUT2D eigenvalue weighted by atomic mass is 10.0. The smallest absolute Gasteiger partial charge is 0.326 e. The minimum atomic E-state index is -1.26. The Balaban J connectivity index is 1.40. The van der Waals surface area contributed by atoms with Crippen LogP contribution in [-0.4, -0.2) is 87.9 Å². The van der Waals surface area contributed by atoms with Crippen molar-refractivity contribution in [1.29, 1.82) is 0 Å². The molecule has 0 bridgehead atoms. The molecule has 0 spiro atoms. The molecule has 2 aromatic heterocycles. The van der Waals surface area contributed by atoms with E-state index in [9.17, 15) is 29.1 Å². The number of hydrogen-bond acceptors (Lipinski definition) is 7. The number of nitrogens with zero attached hydrogens (tertiary/aromatic N) is 1. The average Bonchev–Trinajstić information content (AvgIpc) is 3.71. The normalized spacial score (nSPS) is 13.5. The van der Waals surface area contributed by atoms with Crippen LogP contribution in [0.4, 0.5) is 0 Å². The number of aromatic nitrogens is 2. The highest BCUT2D eigenvalue weighted by Gasteiger charge is 2.29. The van der Waals surface area contributed by atoms with Gasteiger partial charge in [-0.15, -0.1) is 0 Å². The molecule has 0 aliphatic rings. The van der Waals surface area contributed by atoms with Crippen LogP contribution >= 0.6 is 0 Å². The number of guanidine groups is 1. The summed E-state index contributed by atoms with van der Waals surface area (Å²) in [6.45, 7) is 3.49. The van der Waals surface area contributed by atoms with Crippen molar-refractivity contribution < 1.29 is 29.1 Å². The molecule has 0 aliphatic heterocycles. The number of rotatable bonds is 19. The van der Waals surface area contributed by atoms with E-state index in [1.165, 1.54) is 0 Å². The van der Waals surface area contributed by atoms with Crippen LogP contribution in [0.1, 0.15) is 44.2 Å². The number of aromatic amines is 2. The number of H-pyrrole nitrogens is 2. The van der Waals surface area contributed by atoms with Crippen molar-refractivity contribution in [3.05, 3.63) is 72.1 Å². The van der Waals surface area contributed by atoms with Gasteiger partial charge in [0.1, 0.15) is 18.1 Å². The first kappa shape index (κ1) is 38.9. The lowest BCUT2D eigenvalue weighted by Gasteiger charge is -2.23. The van der Waals surface area contributed by atoms with Gasteiger partial charge in [-0.1, -0.05) is 50.2 Å². The van der Waals surface area contributed by atoms with Crippen LogP contribution in [0.2, 0.25) is 0 Å². The molecule has 4 aromatic rings. The molecule has 0 fully saturated rings. The van der Waals surface area contributed by atoms with E-state index in [4.69, 9.17) is 17.2 Å². The van der Waals surface area contributed by atoms with Gasteiger partial charge in [0.2, 0.25) is 23.6 Å². The zero-order valence-corrected chi connectivity index (χ0v) is 29.3. The van der Waals surface area contributed by atoms with E-state index < -0.39 is 60.3 Å². The van der Waals surface area contributed by atoms with Crippen LogP contribution in [0.25, 0.3) is 21.8 Å². The number of hydrogen-bond donors (Lipinski definition) is 10. The van der Waals surface area contributed by atoms with E-state index in [2.05, 4.69) is 36.2 Å². The molecule has 2 aromatic carbocycles. The zero-order valence-electron chi connectivity index (χ0n) is 29.3. The SMILES string of the molecule is CC(C)C[C@H](NC(=O)CNC(=O)[C@H](Cc1c[nH]c2ccccc12)NC(=O)[C@@H](N)CCCN=C(N)N)C(=O)N[C@@H](Cc1c[nH]c2ccccc12)C(=O)O. The Labute approximate surface area is 300 Å². The Morgan fingerprint density at radius 3 is 1.88 bits per heavy atom.